The average molecular weight is 152 g/mol. The molecular formula is C8H12N2O. The van der Waals surface area contributed by atoms with Crippen LogP contribution in [0.25, 0.3) is 0 Å². The summed E-state index contributed by atoms with van der Waals surface area (Å²) in [5, 5.41) is 0. The van der Waals surface area contributed by atoms with E-state index in [1.807, 2.05) is 13.8 Å². The fraction of sp³-hybridized carbons (Fsp3) is 0.500. The molecule has 3 nitrogen and oxygen atoms in total. The van der Waals surface area contributed by atoms with Gasteiger partial charge in [0.15, 0.2) is 0 Å². The average Bonchev–Trinajstić information content (AvgIpc) is 2.03. The van der Waals surface area contributed by atoms with Gasteiger partial charge < -0.3 is 4.74 Å². The molecule has 0 saturated carbocycles. The SMILES string of the molecule is CCOCc1nccnc1C. The van der Waals surface area contributed by atoms with Gasteiger partial charge in [0.05, 0.1) is 18.0 Å². The second-order valence-electron chi connectivity index (χ2n) is 2.23. The van der Waals surface area contributed by atoms with Crippen LogP contribution in [-0.4, -0.2) is 16.6 Å². The molecule has 11 heavy (non-hydrogen) atoms. The van der Waals surface area contributed by atoms with E-state index in [9.17, 15) is 0 Å². The molecule has 0 aromatic carbocycles. The normalized spacial score (nSPS) is 10.0. The van der Waals surface area contributed by atoms with Crippen LogP contribution in [0.5, 0.6) is 0 Å². The Morgan fingerprint density at radius 1 is 1.36 bits per heavy atom. The molecule has 60 valence electrons. The van der Waals surface area contributed by atoms with Crippen molar-refractivity contribution in [3.8, 4) is 0 Å². The molecule has 0 aliphatic carbocycles. The summed E-state index contributed by atoms with van der Waals surface area (Å²) in [5.74, 6) is 0. The molecule has 0 amide bonds. The van der Waals surface area contributed by atoms with E-state index in [2.05, 4.69) is 9.97 Å². The fourth-order valence-corrected chi connectivity index (χ4v) is 0.777. The van der Waals surface area contributed by atoms with Gasteiger partial charge in [0.1, 0.15) is 0 Å². The molecule has 1 heterocycles. The summed E-state index contributed by atoms with van der Waals surface area (Å²) in [6.07, 6.45) is 3.37. The highest BCUT2D eigenvalue weighted by molar-refractivity contribution is 5.06. The van der Waals surface area contributed by atoms with Gasteiger partial charge in [0, 0.05) is 19.0 Å². The van der Waals surface area contributed by atoms with Crippen LogP contribution in [-0.2, 0) is 11.3 Å². The van der Waals surface area contributed by atoms with Gasteiger partial charge in [0.2, 0.25) is 0 Å². The highest BCUT2D eigenvalue weighted by Gasteiger charge is 1.97. The van der Waals surface area contributed by atoms with Gasteiger partial charge in [-0.25, -0.2) is 0 Å². The lowest BCUT2D eigenvalue weighted by Gasteiger charge is -2.01. The Bertz CT molecular complexity index is 225. The van der Waals surface area contributed by atoms with Crippen molar-refractivity contribution in [1.29, 1.82) is 0 Å². The Balaban J connectivity index is 2.62. The highest BCUT2D eigenvalue weighted by atomic mass is 16.5. The minimum Gasteiger partial charge on any atom is -0.375 e. The molecular weight excluding hydrogens is 140 g/mol. The monoisotopic (exact) mass is 152 g/mol. The van der Waals surface area contributed by atoms with Crippen LogP contribution in [0.3, 0.4) is 0 Å². The predicted molar refractivity (Wildman–Crippen MR) is 42.1 cm³/mol. The number of hydrogen-bond acceptors (Lipinski definition) is 3. The fourth-order valence-electron chi connectivity index (χ4n) is 0.777. The van der Waals surface area contributed by atoms with Crippen LogP contribution in [0.15, 0.2) is 12.4 Å². The Morgan fingerprint density at radius 2 is 2.09 bits per heavy atom. The zero-order valence-electron chi connectivity index (χ0n) is 6.87. The maximum atomic E-state index is 5.20. The van der Waals surface area contributed by atoms with Gasteiger partial charge in [-0.05, 0) is 13.8 Å². The molecule has 0 aliphatic heterocycles. The number of rotatable bonds is 3. The Morgan fingerprint density at radius 3 is 2.73 bits per heavy atom. The molecule has 0 radical (unpaired) electrons. The van der Waals surface area contributed by atoms with Crippen molar-refractivity contribution in [3.05, 3.63) is 23.8 Å². The molecule has 0 bridgehead atoms. The van der Waals surface area contributed by atoms with Crippen molar-refractivity contribution < 1.29 is 4.74 Å². The van der Waals surface area contributed by atoms with Crippen LogP contribution in [0.2, 0.25) is 0 Å². The quantitative estimate of drug-likeness (QED) is 0.655. The second-order valence-corrected chi connectivity index (χ2v) is 2.23. The lowest BCUT2D eigenvalue weighted by atomic mass is 10.3. The van der Waals surface area contributed by atoms with Gasteiger partial charge in [-0.2, -0.15) is 0 Å². The van der Waals surface area contributed by atoms with Crippen molar-refractivity contribution in [3.63, 3.8) is 0 Å². The maximum absolute atomic E-state index is 5.20. The summed E-state index contributed by atoms with van der Waals surface area (Å²) < 4.78 is 5.20. The van der Waals surface area contributed by atoms with Gasteiger partial charge in [-0.15, -0.1) is 0 Å². The maximum Gasteiger partial charge on any atom is 0.0906 e. The van der Waals surface area contributed by atoms with Crippen molar-refractivity contribution in [2.45, 2.75) is 20.5 Å². The van der Waals surface area contributed by atoms with Gasteiger partial charge >= 0.3 is 0 Å². The third-order valence-corrected chi connectivity index (χ3v) is 1.43. The third-order valence-electron chi connectivity index (χ3n) is 1.43. The largest absolute Gasteiger partial charge is 0.375 e. The van der Waals surface area contributed by atoms with Crippen LogP contribution in [0.4, 0.5) is 0 Å². The first-order valence-corrected chi connectivity index (χ1v) is 3.68. The molecule has 0 aliphatic rings. The highest BCUT2D eigenvalue weighted by Crippen LogP contribution is 2.00. The summed E-state index contributed by atoms with van der Waals surface area (Å²) in [4.78, 5) is 8.22. The topological polar surface area (TPSA) is 35.0 Å². The molecule has 0 fully saturated rings. The minimum absolute atomic E-state index is 0.566. The molecule has 3 heteroatoms. The summed E-state index contributed by atoms with van der Waals surface area (Å²) in [7, 11) is 0. The summed E-state index contributed by atoms with van der Waals surface area (Å²) >= 11 is 0. The van der Waals surface area contributed by atoms with Crippen LogP contribution >= 0.6 is 0 Å². The first-order chi connectivity index (χ1) is 5.34. The zero-order chi connectivity index (χ0) is 8.10. The predicted octanol–water partition coefficient (Wildman–Crippen LogP) is 1.32. The second kappa shape index (κ2) is 4.03. The Hall–Kier alpha value is -0.960. The number of aryl methyl sites for hydroxylation is 1. The van der Waals surface area contributed by atoms with E-state index < -0.39 is 0 Å². The minimum atomic E-state index is 0.566. The van der Waals surface area contributed by atoms with Crippen molar-refractivity contribution in [1.82, 2.24) is 9.97 Å². The summed E-state index contributed by atoms with van der Waals surface area (Å²) in [6.45, 7) is 5.18. The first-order valence-electron chi connectivity index (χ1n) is 3.68. The van der Waals surface area contributed by atoms with Crippen molar-refractivity contribution in [2.24, 2.45) is 0 Å². The Kier molecular flexibility index (Phi) is 2.98. The van der Waals surface area contributed by atoms with E-state index in [-0.39, 0.29) is 0 Å². The molecule has 1 aromatic rings. The Labute approximate surface area is 66.4 Å². The number of ether oxygens (including phenoxy) is 1. The van der Waals surface area contributed by atoms with Crippen molar-refractivity contribution >= 4 is 0 Å². The van der Waals surface area contributed by atoms with Crippen molar-refractivity contribution in [2.75, 3.05) is 6.61 Å². The lowest BCUT2D eigenvalue weighted by Crippen LogP contribution is -1.99. The van der Waals surface area contributed by atoms with E-state index in [0.29, 0.717) is 6.61 Å². The van der Waals surface area contributed by atoms with Gasteiger partial charge in [-0.3, -0.25) is 9.97 Å². The van der Waals surface area contributed by atoms with Gasteiger partial charge in [0.25, 0.3) is 0 Å². The van der Waals surface area contributed by atoms with E-state index >= 15 is 0 Å². The molecule has 0 spiro atoms. The van der Waals surface area contributed by atoms with E-state index in [1.54, 1.807) is 12.4 Å². The van der Waals surface area contributed by atoms with Crippen LogP contribution in [0.1, 0.15) is 18.3 Å². The number of hydrogen-bond donors (Lipinski definition) is 0. The van der Waals surface area contributed by atoms with E-state index in [0.717, 1.165) is 18.0 Å². The van der Waals surface area contributed by atoms with Gasteiger partial charge in [-0.1, -0.05) is 0 Å². The standard InChI is InChI=1S/C8H12N2O/c1-3-11-6-8-7(2)9-4-5-10-8/h4-5H,3,6H2,1-2H3. The van der Waals surface area contributed by atoms with E-state index in [4.69, 9.17) is 4.74 Å². The summed E-state index contributed by atoms with van der Waals surface area (Å²) in [6, 6.07) is 0. The molecule has 1 aromatic heterocycles. The van der Waals surface area contributed by atoms with E-state index in [1.165, 1.54) is 0 Å². The first kappa shape index (κ1) is 8.14. The molecule has 0 atom stereocenters. The smallest absolute Gasteiger partial charge is 0.0906 e. The van der Waals surface area contributed by atoms with Crippen LogP contribution < -0.4 is 0 Å². The number of aromatic nitrogens is 2. The molecule has 1 rings (SSSR count). The molecule has 0 unspecified atom stereocenters. The summed E-state index contributed by atoms with van der Waals surface area (Å²) in [5.41, 5.74) is 1.87. The molecule has 0 saturated heterocycles. The lowest BCUT2D eigenvalue weighted by molar-refractivity contribution is 0.130. The zero-order valence-corrected chi connectivity index (χ0v) is 6.87. The molecule has 0 N–H and O–H groups in total. The van der Waals surface area contributed by atoms with Crippen LogP contribution in [0, 0.1) is 6.92 Å². The third kappa shape index (κ3) is 2.27. The number of nitrogens with zero attached hydrogens (tertiary/aromatic N) is 2.